The zero-order valence-electron chi connectivity index (χ0n) is 12.2. The predicted molar refractivity (Wildman–Crippen MR) is 80.4 cm³/mol. The first kappa shape index (κ1) is 16.7. The summed E-state index contributed by atoms with van der Waals surface area (Å²) in [4.78, 5) is 2.30. The van der Waals surface area contributed by atoms with Crippen molar-refractivity contribution >= 4 is 15.7 Å². The zero-order valence-corrected chi connectivity index (χ0v) is 13.0. The Kier molecular flexibility index (Phi) is 6.25. The Morgan fingerprint density at radius 3 is 2.50 bits per heavy atom. The van der Waals surface area contributed by atoms with Gasteiger partial charge >= 0.3 is 0 Å². The summed E-state index contributed by atoms with van der Waals surface area (Å²) >= 11 is 0. The lowest BCUT2D eigenvalue weighted by molar-refractivity contribution is 0.309. The molecule has 0 saturated carbocycles. The van der Waals surface area contributed by atoms with E-state index in [2.05, 4.69) is 9.62 Å². The molecule has 0 aliphatic heterocycles. The van der Waals surface area contributed by atoms with E-state index in [9.17, 15) is 8.42 Å². The molecule has 0 atom stereocenters. The lowest BCUT2D eigenvalue weighted by Gasteiger charge is -2.18. The average Bonchev–Trinajstić information content (AvgIpc) is 2.44. The van der Waals surface area contributed by atoms with Crippen molar-refractivity contribution in [2.24, 2.45) is 0 Å². The van der Waals surface area contributed by atoms with E-state index in [-0.39, 0.29) is 4.90 Å². The molecule has 20 heavy (non-hydrogen) atoms. The van der Waals surface area contributed by atoms with E-state index in [0.717, 1.165) is 13.1 Å². The number of hydrogen-bond acceptors (Lipinski definition) is 5. The van der Waals surface area contributed by atoms with Crippen LogP contribution in [-0.4, -0.2) is 46.6 Å². The summed E-state index contributed by atoms with van der Waals surface area (Å²) in [6.07, 6.45) is 0. The van der Waals surface area contributed by atoms with Gasteiger partial charge in [0, 0.05) is 19.2 Å². The molecule has 1 rings (SSSR count). The lowest BCUT2D eigenvalue weighted by atomic mass is 10.3. The molecule has 3 N–H and O–H groups in total. The first-order valence-corrected chi connectivity index (χ1v) is 8.08. The first-order valence-electron chi connectivity index (χ1n) is 6.60. The van der Waals surface area contributed by atoms with Gasteiger partial charge in [-0.1, -0.05) is 13.8 Å². The zero-order chi connectivity index (χ0) is 15.2. The van der Waals surface area contributed by atoms with Gasteiger partial charge in [-0.05, 0) is 25.2 Å². The van der Waals surface area contributed by atoms with Crippen LogP contribution in [0.5, 0.6) is 5.75 Å². The van der Waals surface area contributed by atoms with Crippen molar-refractivity contribution in [3.05, 3.63) is 18.2 Å². The monoisotopic (exact) mass is 301 g/mol. The van der Waals surface area contributed by atoms with Crippen molar-refractivity contribution in [1.29, 1.82) is 0 Å². The van der Waals surface area contributed by atoms with Crippen molar-refractivity contribution in [3.8, 4) is 5.75 Å². The van der Waals surface area contributed by atoms with Gasteiger partial charge in [0.05, 0.1) is 17.7 Å². The number of nitrogens with one attached hydrogen (secondary N) is 1. The van der Waals surface area contributed by atoms with Crippen molar-refractivity contribution in [3.63, 3.8) is 0 Å². The van der Waals surface area contributed by atoms with Crippen LogP contribution >= 0.6 is 0 Å². The Morgan fingerprint density at radius 1 is 1.30 bits per heavy atom. The number of anilines is 1. The van der Waals surface area contributed by atoms with Gasteiger partial charge in [-0.15, -0.1) is 0 Å². The van der Waals surface area contributed by atoms with Gasteiger partial charge in [0.15, 0.2) is 0 Å². The van der Waals surface area contributed by atoms with Crippen LogP contribution in [0.4, 0.5) is 5.69 Å². The van der Waals surface area contributed by atoms with Crippen LogP contribution in [0.15, 0.2) is 23.1 Å². The molecule has 0 bridgehead atoms. The van der Waals surface area contributed by atoms with Crippen LogP contribution in [0.2, 0.25) is 0 Å². The van der Waals surface area contributed by atoms with Gasteiger partial charge in [-0.25, -0.2) is 13.1 Å². The van der Waals surface area contributed by atoms with Crippen LogP contribution in [0, 0.1) is 0 Å². The Morgan fingerprint density at radius 2 is 1.95 bits per heavy atom. The van der Waals surface area contributed by atoms with Crippen LogP contribution < -0.4 is 15.2 Å². The minimum Gasteiger partial charge on any atom is -0.495 e. The maximum absolute atomic E-state index is 12.1. The highest BCUT2D eigenvalue weighted by molar-refractivity contribution is 7.89. The van der Waals surface area contributed by atoms with E-state index in [0.29, 0.717) is 24.5 Å². The second-order valence-corrected chi connectivity index (χ2v) is 6.10. The molecule has 0 saturated heterocycles. The number of ether oxygens (including phenoxy) is 1. The average molecular weight is 301 g/mol. The molecule has 1 aromatic carbocycles. The molecule has 0 unspecified atom stereocenters. The highest BCUT2D eigenvalue weighted by Crippen LogP contribution is 2.24. The highest BCUT2D eigenvalue weighted by atomic mass is 32.2. The van der Waals surface area contributed by atoms with E-state index < -0.39 is 10.0 Å². The van der Waals surface area contributed by atoms with E-state index >= 15 is 0 Å². The second-order valence-electron chi connectivity index (χ2n) is 4.33. The fourth-order valence-corrected chi connectivity index (χ4v) is 2.86. The number of likely N-dealkylation sites (N-methyl/N-ethyl adjacent to an activating group) is 1. The van der Waals surface area contributed by atoms with E-state index in [1.165, 1.54) is 25.3 Å². The third kappa shape index (κ3) is 4.36. The molecule has 1 aromatic rings. The third-order valence-corrected chi connectivity index (χ3v) is 4.59. The van der Waals surface area contributed by atoms with Crippen molar-refractivity contribution in [2.45, 2.75) is 18.7 Å². The Bertz CT molecular complexity index is 528. The molecule has 7 heteroatoms. The predicted octanol–water partition coefficient (Wildman–Crippen LogP) is 0.898. The van der Waals surface area contributed by atoms with E-state index in [4.69, 9.17) is 10.5 Å². The van der Waals surface area contributed by atoms with Gasteiger partial charge < -0.3 is 15.4 Å². The summed E-state index contributed by atoms with van der Waals surface area (Å²) in [7, 11) is -2.08. The van der Waals surface area contributed by atoms with E-state index in [1.807, 2.05) is 13.8 Å². The van der Waals surface area contributed by atoms with Crippen LogP contribution in [0.25, 0.3) is 0 Å². The van der Waals surface area contributed by atoms with Crippen LogP contribution in [-0.2, 0) is 10.0 Å². The van der Waals surface area contributed by atoms with Crippen LogP contribution in [0.1, 0.15) is 13.8 Å². The molecular formula is C13H23N3O3S. The Labute approximate surface area is 121 Å². The standard InChI is InChI=1S/C13H23N3O3S/c1-4-16(5-2)9-8-15-20(17,18)11-6-7-12(14)13(10-11)19-3/h6-7,10,15H,4-5,8-9,14H2,1-3H3. The van der Waals surface area contributed by atoms with Gasteiger partial charge in [-0.2, -0.15) is 0 Å². The molecular weight excluding hydrogens is 278 g/mol. The third-order valence-electron chi connectivity index (χ3n) is 3.13. The molecule has 0 aliphatic rings. The largest absolute Gasteiger partial charge is 0.495 e. The second kappa shape index (κ2) is 7.47. The number of sulfonamides is 1. The summed E-state index contributed by atoms with van der Waals surface area (Å²) in [5.41, 5.74) is 6.08. The summed E-state index contributed by atoms with van der Waals surface area (Å²) in [5.74, 6) is 0.358. The van der Waals surface area contributed by atoms with Crippen molar-refractivity contribution < 1.29 is 13.2 Å². The minimum atomic E-state index is -3.53. The molecule has 0 aromatic heterocycles. The highest BCUT2D eigenvalue weighted by Gasteiger charge is 2.15. The number of nitrogens with two attached hydrogens (primary N) is 1. The summed E-state index contributed by atoms with van der Waals surface area (Å²) in [6.45, 7) is 6.93. The van der Waals surface area contributed by atoms with Gasteiger partial charge in [0.25, 0.3) is 0 Å². The number of benzene rings is 1. The Balaban J connectivity index is 2.74. The molecule has 0 heterocycles. The SMILES string of the molecule is CCN(CC)CCNS(=O)(=O)c1ccc(N)c(OC)c1. The number of hydrogen-bond donors (Lipinski definition) is 2. The maximum atomic E-state index is 12.1. The molecule has 0 radical (unpaired) electrons. The first-order chi connectivity index (χ1) is 9.44. The molecule has 0 spiro atoms. The van der Waals surface area contributed by atoms with Gasteiger partial charge in [0.1, 0.15) is 5.75 Å². The number of rotatable bonds is 8. The minimum absolute atomic E-state index is 0.156. The molecule has 0 fully saturated rings. The molecule has 114 valence electrons. The Hall–Kier alpha value is -1.31. The summed E-state index contributed by atoms with van der Waals surface area (Å²) in [5, 5.41) is 0. The van der Waals surface area contributed by atoms with E-state index in [1.54, 1.807) is 0 Å². The summed E-state index contributed by atoms with van der Waals surface area (Å²) < 4.78 is 31.9. The number of methoxy groups -OCH3 is 1. The van der Waals surface area contributed by atoms with Gasteiger partial charge in [0.2, 0.25) is 10.0 Å². The maximum Gasteiger partial charge on any atom is 0.240 e. The topological polar surface area (TPSA) is 84.7 Å². The number of nitrogens with zero attached hydrogens (tertiary/aromatic N) is 1. The summed E-state index contributed by atoms with van der Waals surface area (Å²) in [6, 6.07) is 4.42. The molecule has 6 nitrogen and oxygen atoms in total. The number of nitrogen functional groups attached to an aromatic ring is 1. The van der Waals surface area contributed by atoms with Crippen LogP contribution in [0.3, 0.4) is 0 Å². The molecule has 0 amide bonds. The smallest absolute Gasteiger partial charge is 0.240 e. The fourth-order valence-electron chi connectivity index (χ4n) is 1.82. The van der Waals surface area contributed by atoms with Crippen molar-refractivity contribution in [1.82, 2.24) is 9.62 Å². The van der Waals surface area contributed by atoms with Gasteiger partial charge in [-0.3, -0.25) is 0 Å². The fraction of sp³-hybridized carbons (Fsp3) is 0.538. The van der Waals surface area contributed by atoms with Crippen molar-refractivity contribution in [2.75, 3.05) is 39.0 Å². The molecule has 0 aliphatic carbocycles. The normalized spacial score (nSPS) is 11.8. The quantitative estimate of drug-likeness (QED) is 0.697. The lowest BCUT2D eigenvalue weighted by Crippen LogP contribution is -2.34.